The molecule has 3 rings (SSSR count). The number of para-hydroxylation sites is 1. The lowest BCUT2D eigenvalue weighted by Gasteiger charge is -2.35. The topological polar surface area (TPSA) is 66.7 Å². The summed E-state index contributed by atoms with van der Waals surface area (Å²) in [6.45, 7) is 7.21. The Balaban J connectivity index is 1.64. The van der Waals surface area contributed by atoms with Crippen LogP contribution in [0.1, 0.15) is 27.0 Å². The highest BCUT2D eigenvalue weighted by molar-refractivity contribution is 5.96. The van der Waals surface area contributed by atoms with Crippen molar-refractivity contribution in [2.24, 2.45) is 0 Å². The molecule has 1 saturated heterocycles. The summed E-state index contributed by atoms with van der Waals surface area (Å²) in [5.74, 6) is 0.0662. The van der Waals surface area contributed by atoms with E-state index in [9.17, 15) is 14.9 Å². The number of amides is 1. The SMILES string of the molecule is Cc1cccc(C(=O)N2CCN(Cc3ccccc3[N+](=O)[O-])CC2)c1C. The third kappa shape index (κ3) is 3.75. The average molecular weight is 353 g/mol. The van der Waals surface area contributed by atoms with Crippen LogP contribution < -0.4 is 0 Å². The quantitative estimate of drug-likeness (QED) is 0.625. The van der Waals surface area contributed by atoms with Gasteiger partial charge in [-0.1, -0.05) is 30.3 Å². The first-order chi connectivity index (χ1) is 12.5. The molecule has 1 aliphatic heterocycles. The van der Waals surface area contributed by atoms with E-state index in [2.05, 4.69) is 4.90 Å². The van der Waals surface area contributed by atoms with Gasteiger partial charge in [0.05, 0.1) is 4.92 Å². The van der Waals surface area contributed by atoms with E-state index in [1.807, 2.05) is 43.0 Å². The largest absolute Gasteiger partial charge is 0.336 e. The molecule has 6 heteroatoms. The third-order valence-corrected chi connectivity index (χ3v) is 5.08. The maximum absolute atomic E-state index is 12.8. The molecule has 26 heavy (non-hydrogen) atoms. The molecule has 1 aliphatic rings. The van der Waals surface area contributed by atoms with E-state index in [4.69, 9.17) is 0 Å². The normalized spacial score (nSPS) is 15.1. The van der Waals surface area contributed by atoms with Crippen LogP contribution in [0.2, 0.25) is 0 Å². The number of carbonyl (C=O) groups is 1. The van der Waals surface area contributed by atoms with Crippen LogP contribution in [0, 0.1) is 24.0 Å². The zero-order valence-electron chi connectivity index (χ0n) is 15.1. The van der Waals surface area contributed by atoms with E-state index in [0.717, 1.165) is 16.7 Å². The minimum atomic E-state index is -0.338. The Bertz CT molecular complexity index is 827. The van der Waals surface area contributed by atoms with Gasteiger partial charge in [0, 0.05) is 49.9 Å². The molecule has 0 N–H and O–H groups in total. The molecular weight excluding hydrogens is 330 g/mol. The average Bonchev–Trinajstić information content (AvgIpc) is 2.64. The number of carbonyl (C=O) groups excluding carboxylic acids is 1. The number of nitrogens with zero attached hydrogens (tertiary/aromatic N) is 3. The molecule has 2 aromatic carbocycles. The molecule has 1 amide bonds. The van der Waals surface area contributed by atoms with Gasteiger partial charge in [-0.2, -0.15) is 0 Å². The highest BCUT2D eigenvalue weighted by Crippen LogP contribution is 2.21. The van der Waals surface area contributed by atoms with Crippen molar-refractivity contribution >= 4 is 11.6 Å². The van der Waals surface area contributed by atoms with Crippen molar-refractivity contribution in [1.29, 1.82) is 0 Å². The molecule has 0 aliphatic carbocycles. The number of piperazine rings is 1. The number of aryl methyl sites for hydroxylation is 1. The Morgan fingerprint density at radius 3 is 2.42 bits per heavy atom. The van der Waals surface area contributed by atoms with Crippen molar-refractivity contribution in [3.63, 3.8) is 0 Å². The van der Waals surface area contributed by atoms with Gasteiger partial charge >= 0.3 is 0 Å². The Kier molecular flexibility index (Phi) is 5.32. The number of hydrogen-bond donors (Lipinski definition) is 0. The molecule has 0 aromatic heterocycles. The molecule has 0 radical (unpaired) electrons. The highest BCUT2D eigenvalue weighted by atomic mass is 16.6. The van der Waals surface area contributed by atoms with E-state index in [1.165, 1.54) is 6.07 Å². The number of nitro groups is 1. The minimum Gasteiger partial charge on any atom is -0.336 e. The van der Waals surface area contributed by atoms with Gasteiger partial charge in [-0.15, -0.1) is 0 Å². The van der Waals surface area contributed by atoms with Crippen LogP contribution in [-0.4, -0.2) is 46.8 Å². The first kappa shape index (κ1) is 18.1. The number of rotatable bonds is 4. The summed E-state index contributed by atoms with van der Waals surface area (Å²) in [5.41, 5.74) is 3.77. The van der Waals surface area contributed by atoms with Crippen molar-refractivity contribution in [2.75, 3.05) is 26.2 Å². The van der Waals surface area contributed by atoms with Crippen molar-refractivity contribution in [2.45, 2.75) is 20.4 Å². The molecule has 1 fully saturated rings. The summed E-state index contributed by atoms with van der Waals surface area (Å²) in [4.78, 5) is 27.7. The number of nitro benzene ring substituents is 1. The Morgan fingerprint density at radius 1 is 1.04 bits per heavy atom. The first-order valence-electron chi connectivity index (χ1n) is 8.77. The second kappa shape index (κ2) is 7.66. The van der Waals surface area contributed by atoms with E-state index in [0.29, 0.717) is 38.3 Å². The second-order valence-electron chi connectivity index (χ2n) is 6.70. The van der Waals surface area contributed by atoms with Crippen LogP contribution >= 0.6 is 0 Å². The lowest BCUT2D eigenvalue weighted by Crippen LogP contribution is -2.48. The van der Waals surface area contributed by atoms with E-state index < -0.39 is 0 Å². The van der Waals surface area contributed by atoms with Crippen LogP contribution in [0.5, 0.6) is 0 Å². The van der Waals surface area contributed by atoms with Crippen molar-refractivity contribution < 1.29 is 9.72 Å². The van der Waals surface area contributed by atoms with Gasteiger partial charge in [-0.3, -0.25) is 19.8 Å². The van der Waals surface area contributed by atoms with Gasteiger partial charge in [0.25, 0.3) is 11.6 Å². The van der Waals surface area contributed by atoms with Crippen molar-refractivity contribution in [1.82, 2.24) is 9.80 Å². The molecule has 6 nitrogen and oxygen atoms in total. The third-order valence-electron chi connectivity index (χ3n) is 5.08. The minimum absolute atomic E-state index is 0.0662. The van der Waals surface area contributed by atoms with E-state index >= 15 is 0 Å². The molecule has 0 spiro atoms. The summed E-state index contributed by atoms with van der Waals surface area (Å²) in [6.07, 6.45) is 0. The predicted octanol–water partition coefficient (Wildman–Crippen LogP) is 3.17. The summed E-state index contributed by atoms with van der Waals surface area (Å²) < 4.78 is 0. The lowest BCUT2D eigenvalue weighted by molar-refractivity contribution is -0.385. The van der Waals surface area contributed by atoms with Crippen LogP contribution in [-0.2, 0) is 6.54 Å². The first-order valence-corrected chi connectivity index (χ1v) is 8.77. The standard InChI is InChI=1S/C20H23N3O3/c1-15-6-5-8-18(16(15)2)20(24)22-12-10-21(11-13-22)14-17-7-3-4-9-19(17)23(25)26/h3-9H,10-14H2,1-2H3. The fourth-order valence-electron chi connectivity index (χ4n) is 3.33. The molecule has 0 bridgehead atoms. The van der Waals surface area contributed by atoms with Gasteiger partial charge < -0.3 is 4.90 Å². The summed E-state index contributed by atoms with van der Waals surface area (Å²) in [6, 6.07) is 12.6. The van der Waals surface area contributed by atoms with E-state index in [-0.39, 0.29) is 16.5 Å². The maximum Gasteiger partial charge on any atom is 0.273 e. The summed E-state index contributed by atoms with van der Waals surface area (Å²) in [5, 5.41) is 11.2. The Labute approximate surface area is 153 Å². The highest BCUT2D eigenvalue weighted by Gasteiger charge is 2.24. The van der Waals surface area contributed by atoms with Crippen LogP contribution in [0.15, 0.2) is 42.5 Å². The molecular formula is C20H23N3O3. The number of hydrogen-bond acceptors (Lipinski definition) is 4. The fourth-order valence-corrected chi connectivity index (χ4v) is 3.33. The molecule has 2 aromatic rings. The molecule has 0 atom stereocenters. The van der Waals surface area contributed by atoms with Crippen molar-refractivity contribution in [3.8, 4) is 0 Å². The Hall–Kier alpha value is -2.73. The monoisotopic (exact) mass is 353 g/mol. The van der Waals surface area contributed by atoms with Crippen molar-refractivity contribution in [3.05, 3.63) is 74.8 Å². The molecule has 1 heterocycles. The van der Waals surface area contributed by atoms with Gasteiger partial charge in [0.15, 0.2) is 0 Å². The maximum atomic E-state index is 12.8. The van der Waals surface area contributed by atoms with Crippen LogP contribution in [0.4, 0.5) is 5.69 Å². The summed E-state index contributed by atoms with van der Waals surface area (Å²) in [7, 11) is 0. The van der Waals surface area contributed by atoms with Gasteiger partial charge in [-0.25, -0.2) is 0 Å². The zero-order valence-corrected chi connectivity index (χ0v) is 15.1. The zero-order chi connectivity index (χ0) is 18.7. The fraction of sp³-hybridized carbons (Fsp3) is 0.350. The van der Waals surface area contributed by atoms with Gasteiger partial charge in [0.1, 0.15) is 0 Å². The lowest BCUT2D eigenvalue weighted by atomic mass is 10.0. The smallest absolute Gasteiger partial charge is 0.273 e. The number of benzene rings is 2. The molecule has 0 unspecified atom stereocenters. The van der Waals surface area contributed by atoms with Gasteiger partial charge in [-0.05, 0) is 31.0 Å². The van der Waals surface area contributed by atoms with Crippen LogP contribution in [0.25, 0.3) is 0 Å². The Morgan fingerprint density at radius 2 is 1.73 bits per heavy atom. The summed E-state index contributed by atoms with van der Waals surface area (Å²) >= 11 is 0. The molecule has 0 saturated carbocycles. The van der Waals surface area contributed by atoms with E-state index in [1.54, 1.807) is 12.1 Å². The second-order valence-corrected chi connectivity index (χ2v) is 6.70. The van der Waals surface area contributed by atoms with Gasteiger partial charge in [0.2, 0.25) is 0 Å². The predicted molar refractivity (Wildman–Crippen MR) is 100 cm³/mol. The molecule has 136 valence electrons. The van der Waals surface area contributed by atoms with Crippen LogP contribution in [0.3, 0.4) is 0 Å².